The number of anilines is 1. The Hall–Kier alpha value is -1.35. The Labute approximate surface area is 76.4 Å². The van der Waals surface area contributed by atoms with Crippen LogP contribution in [0.4, 0.5) is 5.69 Å². The van der Waals surface area contributed by atoms with E-state index in [1.54, 1.807) is 6.07 Å². The Bertz CT molecular complexity index is 347. The minimum atomic E-state index is -0.209. The van der Waals surface area contributed by atoms with Crippen molar-refractivity contribution in [3.63, 3.8) is 0 Å². The molecule has 1 heterocycles. The van der Waals surface area contributed by atoms with Crippen molar-refractivity contribution in [3.8, 4) is 0 Å². The molecule has 1 aliphatic rings. The standard InChI is InChI=1S/C10H10NO2/c12-6-7-2-1-3-9-8(7)4-5-10(13)11-9/h1-3H,4-6H2,(H,11,13). The van der Waals surface area contributed by atoms with Crippen LogP contribution in [-0.2, 0) is 22.9 Å². The maximum Gasteiger partial charge on any atom is 0.224 e. The molecule has 1 amide bonds. The highest BCUT2D eigenvalue weighted by Crippen LogP contribution is 2.25. The predicted molar refractivity (Wildman–Crippen MR) is 47.8 cm³/mol. The molecule has 0 aromatic heterocycles. The first-order chi connectivity index (χ1) is 6.31. The van der Waals surface area contributed by atoms with Crippen LogP contribution in [0, 0.1) is 0 Å². The first kappa shape index (κ1) is 8.26. The second kappa shape index (κ2) is 3.18. The second-order valence-electron chi connectivity index (χ2n) is 3.14. The SMILES string of the molecule is [O]Cc1cccc2c1CCC(=O)N2. The number of carbonyl (C=O) groups excluding carboxylic acids is 1. The molecule has 13 heavy (non-hydrogen) atoms. The fourth-order valence-corrected chi connectivity index (χ4v) is 1.63. The molecule has 67 valence electrons. The molecule has 0 saturated carbocycles. The average molecular weight is 176 g/mol. The lowest BCUT2D eigenvalue weighted by Gasteiger charge is -2.18. The lowest BCUT2D eigenvalue weighted by Crippen LogP contribution is -2.19. The number of carbonyl (C=O) groups is 1. The number of hydrogen-bond acceptors (Lipinski definition) is 1. The number of hydrogen-bond donors (Lipinski definition) is 1. The zero-order valence-electron chi connectivity index (χ0n) is 7.17. The molecule has 1 aromatic carbocycles. The molecule has 2 rings (SSSR count). The summed E-state index contributed by atoms with van der Waals surface area (Å²) in [5, 5.41) is 13.5. The van der Waals surface area contributed by atoms with Gasteiger partial charge in [0.15, 0.2) is 0 Å². The van der Waals surface area contributed by atoms with E-state index in [2.05, 4.69) is 5.32 Å². The van der Waals surface area contributed by atoms with E-state index in [0.29, 0.717) is 12.8 Å². The lowest BCUT2D eigenvalue weighted by molar-refractivity contribution is -0.116. The van der Waals surface area contributed by atoms with Crippen molar-refractivity contribution < 1.29 is 9.90 Å². The van der Waals surface area contributed by atoms with Crippen LogP contribution in [0.2, 0.25) is 0 Å². The molecule has 0 aliphatic carbocycles. The van der Waals surface area contributed by atoms with Gasteiger partial charge in [0, 0.05) is 12.1 Å². The molecule has 3 heteroatoms. The molecule has 1 aliphatic heterocycles. The molecule has 0 spiro atoms. The Kier molecular flexibility index (Phi) is 2.02. The average Bonchev–Trinajstić information content (AvgIpc) is 2.16. The van der Waals surface area contributed by atoms with E-state index in [-0.39, 0.29) is 12.5 Å². The van der Waals surface area contributed by atoms with E-state index in [9.17, 15) is 9.90 Å². The Morgan fingerprint density at radius 3 is 2.92 bits per heavy atom. The maximum atomic E-state index is 11.0. The van der Waals surface area contributed by atoms with Gasteiger partial charge in [0.2, 0.25) is 5.91 Å². The van der Waals surface area contributed by atoms with Gasteiger partial charge in [-0.3, -0.25) is 4.79 Å². The van der Waals surface area contributed by atoms with E-state index in [0.717, 1.165) is 16.8 Å². The van der Waals surface area contributed by atoms with Gasteiger partial charge in [-0.25, -0.2) is 5.11 Å². The zero-order valence-corrected chi connectivity index (χ0v) is 7.17. The van der Waals surface area contributed by atoms with Crippen LogP contribution in [0.1, 0.15) is 17.5 Å². The molecule has 0 fully saturated rings. The van der Waals surface area contributed by atoms with Crippen molar-refractivity contribution in [2.24, 2.45) is 0 Å². The van der Waals surface area contributed by atoms with Gasteiger partial charge in [0.25, 0.3) is 0 Å². The Balaban J connectivity index is 2.45. The van der Waals surface area contributed by atoms with Gasteiger partial charge >= 0.3 is 0 Å². The summed E-state index contributed by atoms with van der Waals surface area (Å²) < 4.78 is 0. The Morgan fingerprint density at radius 1 is 1.31 bits per heavy atom. The molecule has 0 saturated heterocycles. The van der Waals surface area contributed by atoms with E-state index >= 15 is 0 Å². The number of nitrogens with one attached hydrogen (secondary N) is 1. The summed E-state index contributed by atoms with van der Waals surface area (Å²) in [4.78, 5) is 11.0. The predicted octanol–water partition coefficient (Wildman–Crippen LogP) is 1.50. The fraction of sp³-hybridized carbons (Fsp3) is 0.300. The van der Waals surface area contributed by atoms with Crippen LogP contribution < -0.4 is 5.32 Å². The van der Waals surface area contributed by atoms with Crippen LogP contribution in [0.3, 0.4) is 0 Å². The quantitative estimate of drug-likeness (QED) is 0.692. The third-order valence-corrected chi connectivity index (χ3v) is 2.30. The molecule has 3 nitrogen and oxygen atoms in total. The van der Waals surface area contributed by atoms with Crippen LogP contribution in [0.25, 0.3) is 0 Å². The summed E-state index contributed by atoms with van der Waals surface area (Å²) >= 11 is 0. The molecule has 1 aromatic rings. The molecule has 1 radical (unpaired) electrons. The molecule has 0 atom stereocenters. The molecular formula is C10H10NO2. The highest BCUT2D eigenvalue weighted by Gasteiger charge is 2.16. The van der Waals surface area contributed by atoms with Gasteiger partial charge in [0.05, 0.1) is 0 Å². The molecule has 0 unspecified atom stereocenters. The smallest absolute Gasteiger partial charge is 0.224 e. The third kappa shape index (κ3) is 1.42. The molecular weight excluding hydrogens is 166 g/mol. The lowest BCUT2D eigenvalue weighted by atomic mass is 9.98. The van der Waals surface area contributed by atoms with E-state index < -0.39 is 0 Å². The monoisotopic (exact) mass is 176 g/mol. The molecule has 1 N–H and O–H groups in total. The van der Waals surface area contributed by atoms with Gasteiger partial charge in [0.1, 0.15) is 6.61 Å². The van der Waals surface area contributed by atoms with Crippen molar-refractivity contribution in [1.82, 2.24) is 0 Å². The van der Waals surface area contributed by atoms with Crippen LogP contribution in [-0.4, -0.2) is 5.91 Å². The van der Waals surface area contributed by atoms with Crippen molar-refractivity contribution in [2.75, 3.05) is 5.32 Å². The van der Waals surface area contributed by atoms with Crippen molar-refractivity contribution in [1.29, 1.82) is 0 Å². The van der Waals surface area contributed by atoms with Crippen LogP contribution in [0.5, 0.6) is 0 Å². The van der Waals surface area contributed by atoms with Crippen molar-refractivity contribution in [2.45, 2.75) is 19.4 Å². The zero-order chi connectivity index (χ0) is 9.26. The summed E-state index contributed by atoms with van der Waals surface area (Å²) in [6.45, 7) is -0.209. The van der Waals surface area contributed by atoms with Crippen molar-refractivity contribution >= 4 is 11.6 Å². The summed E-state index contributed by atoms with van der Waals surface area (Å²) in [7, 11) is 0. The second-order valence-corrected chi connectivity index (χ2v) is 3.14. The first-order valence-electron chi connectivity index (χ1n) is 4.30. The summed E-state index contributed by atoms with van der Waals surface area (Å²) in [6.07, 6.45) is 1.18. The normalized spacial score (nSPS) is 15.0. The van der Waals surface area contributed by atoms with Gasteiger partial charge in [-0.15, -0.1) is 0 Å². The maximum absolute atomic E-state index is 11.0. The number of amides is 1. The van der Waals surface area contributed by atoms with E-state index in [1.807, 2.05) is 12.1 Å². The van der Waals surface area contributed by atoms with E-state index in [4.69, 9.17) is 0 Å². The minimum Gasteiger partial charge on any atom is -0.326 e. The highest BCUT2D eigenvalue weighted by atomic mass is 16.3. The van der Waals surface area contributed by atoms with Crippen LogP contribution in [0.15, 0.2) is 18.2 Å². The largest absolute Gasteiger partial charge is 0.326 e. The highest BCUT2D eigenvalue weighted by molar-refractivity contribution is 5.94. The van der Waals surface area contributed by atoms with Crippen molar-refractivity contribution in [3.05, 3.63) is 29.3 Å². The summed E-state index contributed by atoms with van der Waals surface area (Å²) in [5.74, 6) is 0.0375. The number of fused-ring (bicyclic) bond motifs is 1. The van der Waals surface area contributed by atoms with Gasteiger partial charge in [-0.05, 0) is 23.6 Å². The third-order valence-electron chi connectivity index (χ3n) is 2.30. The minimum absolute atomic E-state index is 0.0375. The number of rotatable bonds is 1. The Morgan fingerprint density at radius 2 is 2.15 bits per heavy atom. The summed E-state index contributed by atoms with van der Waals surface area (Å²) in [5.41, 5.74) is 2.62. The van der Waals surface area contributed by atoms with Gasteiger partial charge in [-0.1, -0.05) is 12.1 Å². The van der Waals surface area contributed by atoms with Crippen LogP contribution >= 0.6 is 0 Å². The topological polar surface area (TPSA) is 49.0 Å². The summed E-state index contributed by atoms with van der Waals surface area (Å²) in [6, 6.07) is 5.46. The fourth-order valence-electron chi connectivity index (χ4n) is 1.63. The van der Waals surface area contributed by atoms with Gasteiger partial charge in [-0.2, -0.15) is 0 Å². The first-order valence-corrected chi connectivity index (χ1v) is 4.30. The number of benzene rings is 1. The van der Waals surface area contributed by atoms with E-state index in [1.165, 1.54) is 0 Å². The molecule has 0 bridgehead atoms. The van der Waals surface area contributed by atoms with Gasteiger partial charge < -0.3 is 5.32 Å².